The van der Waals surface area contributed by atoms with Crippen molar-refractivity contribution in [3.63, 3.8) is 0 Å². The third-order valence-electron chi connectivity index (χ3n) is 2.47. The van der Waals surface area contributed by atoms with Crippen LogP contribution in [0.4, 0.5) is 11.4 Å². The molecule has 0 spiro atoms. The maximum atomic E-state index is 11.8. The lowest BCUT2D eigenvalue weighted by Crippen LogP contribution is -2.13. The van der Waals surface area contributed by atoms with Gasteiger partial charge < -0.3 is 11.1 Å². The second-order valence-electron chi connectivity index (χ2n) is 4.03. The van der Waals surface area contributed by atoms with Crippen molar-refractivity contribution in [3.05, 3.63) is 52.0 Å². The van der Waals surface area contributed by atoms with E-state index < -0.39 is 0 Å². The van der Waals surface area contributed by atoms with Gasteiger partial charge in [-0.3, -0.25) is 4.79 Å². The Morgan fingerprint density at radius 3 is 2.60 bits per heavy atom. The van der Waals surface area contributed by atoms with Gasteiger partial charge in [-0.25, -0.2) is 0 Å². The number of rotatable bonds is 4. The Morgan fingerprint density at radius 1 is 1.25 bits per heavy atom. The summed E-state index contributed by atoms with van der Waals surface area (Å²) in [5.74, 6) is 0.251. The number of benzene rings is 2. The summed E-state index contributed by atoms with van der Waals surface area (Å²) < 4.78 is 0.974. The Morgan fingerprint density at radius 2 is 1.95 bits per heavy atom. The molecule has 0 saturated heterocycles. The maximum Gasteiger partial charge on any atom is 0.234 e. The largest absolute Gasteiger partial charge is 0.398 e. The van der Waals surface area contributed by atoms with Crippen LogP contribution in [-0.2, 0) is 4.79 Å². The summed E-state index contributed by atoms with van der Waals surface area (Å²) in [6.07, 6.45) is 0. The average molecular weight is 372 g/mol. The maximum absolute atomic E-state index is 11.8. The van der Waals surface area contributed by atoms with E-state index in [-0.39, 0.29) is 5.91 Å². The molecule has 2 rings (SSSR count). The van der Waals surface area contributed by atoms with E-state index in [9.17, 15) is 4.79 Å². The minimum Gasteiger partial charge on any atom is -0.398 e. The van der Waals surface area contributed by atoms with Crippen molar-refractivity contribution in [2.75, 3.05) is 16.8 Å². The fourth-order valence-electron chi connectivity index (χ4n) is 1.48. The van der Waals surface area contributed by atoms with Gasteiger partial charge in [-0.1, -0.05) is 27.5 Å². The van der Waals surface area contributed by atoms with Crippen LogP contribution in [0.2, 0.25) is 5.02 Å². The van der Waals surface area contributed by atoms with Gasteiger partial charge in [0, 0.05) is 15.1 Å². The van der Waals surface area contributed by atoms with Crippen molar-refractivity contribution >= 4 is 56.6 Å². The minimum atomic E-state index is -0.0646. The van der Waals surface area contributed by atoms with Crippen molar-refractivity contribution in [1.29, 1.82) is 0 Å². The molecule has 0 aromatic heterocycles. The van der Waals surface area contributed by atoms with Gasteiger partial charge in [0.1, 0.15) is 0 Å². The van der Waals surface area contributed by atoms with Crippen LogP contribution in [0.25, 0.3) is 0 Å². The fraction of sp³-hybridized carbons (Fsp3) is 0.0714. The van der Waals surface area contributed by atoms with Crippen LogP contribution in [0, 0.1) is 0 Å². The average Bonchev–Trinajstić information content (AvgIpc) is 2.43. The molecule has 0 heterocycles. The number of nitrogens with two attached hydrogens (primary N) is 1. The molecule has 0 fully saturated rings. The molecule has 6 heteroatoms. The Hall–Kier alpha value is -1.17. The molecular formula is C14H12BrClN2OS. The lowest BCUT2D eigenvalue weighted by atomic mass is 10.3. The number of thioether (sulfide) groups is 1. The number of amides is 1. The summed E-state index contributed by atoms with van der Waals surface area (Å²) >= 11 is 10.7. The number of hydrogen-bond acceptors (Lipinski definition) is 3. The molecule has 0 aliphatic heterocycles. The monoisotopic (exact) mass is 370 g/mol. The topological polar surface area (TPSA) is 55.1 Å². The predicted molar refractivity (Wildman–Crippen MR) is 89.4 cm³/mol. The molecule has 3 N–H and O–H groups in total. The highest BCUT2D eigenvalue weighted by atomic mass is 79.9. The number of hydrogen-bond donors (Lipinski definition) is 2. The quantitative estimate of drug-likeness (QED) is 0.618. The van der Waals surface area contributed by atoms with Gasteiger partial charge >= 0.3 is 0 Å². The van der Waals surface area contributed by atoms with Crippen LogP contribution in [0.15, 0.2) is 51.8 Å². The molecule has 0 radical (unpaired) electrons. The summed E-state index contributed by atoms with van der Waals surface area (Å²) in [5.41, 5.74) is 6.94. The highest BCUT2D eigenvalue weighted by molar-refractivity contribution is 9.10. The van der Waals surface area contributed by atoms with Crippen molar-refractivity contribution < 1.29 is 4.79 Å². The molecule has 104 valence electrons. The molecule has 1 amide bonds. The van der Waals surface area contributed by atoms with Gasteiger partial charge in [-0.2, -0.15) is 0 Å². The van der Waals surface area contributed by atoms with Crippen LogP contribution >= 0.6 is 39.3 Å². The zero-order valence-electron chi connectivity index (χ0n) is 10.4. The third-order valence-corrected chi connectivity index (χ3v) is 4.32. The smallest absolute Gasteiger partial charge is 0.234 e. The number of nitrogens with one attached hydrogen (secondary N) is 1. The summed E-state index contributed by atoms with van der Waals surface area (Å²) in [7, 11) is 0. The first-order valence-corrected chi connectivity index (χ1v) is 7.93. The second-order valence-corrected chi connectivity index (χ2v) is 6.40. The molecule has 3 nitrogen and oxygen atoms in total. The first-order valence-electron chi connectivity index (χ1n) is 5.78. The molecule has 0 bridgehead atoms. The predicted octanol–water partition coefficient (Wildman–Crippen LogP) is 4.42. The first kappa shape index (κ1) is 15.2. The Kier molecular flexibility index (Phi) is 5.34. The molecule has 2 aromatic carbocycles. The summed E-state index contributed by atoms with van der Waals surface area (Å²) in [5, 5.41) is 3.33. The second kappa shape index (κ2) is 7.02. The van der Waals surface area contributed by atoms with Crippen LogP contribution in [0.3, 0.4) is 0 Å². The Labute approximate surface area is 135 Å². The number of nitrogen functional groups attached to an aromatic ring is 1. The van der Waals surface area contributed by atoms with Gasteiger partial charge in [0.15, 0.2) is 0 Å². The molecule has 0 aliphatic carbocycles. The van der Waals surface area contributed by atoms with Crippen molar-refractivity contribution in [2.45, 2.75) is 4.90 Å². The SMILES string of the molecule is Nc1ccc(SCC(=O)Nc2ccc(Br)cc2)cc1Cl. The highest BCUT2D eigenvalue weighted by Crippen LogP contribution is 2.26. The summed E-state index contributed by atoms with van der Waals surface area (Å²) in [4.78, 5) is 12.7. The lowest BCUT2D eigenvalue weighted by Gasteiger charge is -2.06. The van der Waals surface area contributed by atoms with E-state index in [1.807, 2.05) is 30.3 Å². The van der Waals surface area contributed by atoms with E-state index in [1.165, 1.54) is 11.8 Å². The number of anilines is 2. The fourth-order valence-corrected chi connectivity index (χ4v) is 2.72. The zero-order chi connectivity index (χ0) is 14.5. The van der Waals surface area contributed by atoms with Crippen molar-refractivity contribution in [3.8, 4) is 0 Å². The van der Waals surface area contributed by atoms with Crippen LogP contribution < -0.4 is 11.1 Å². The van der Waals surface area contributed by atoms with E-state index >= 15 is 0 Å². The van der Waals surface area contributed by atoms with Crippen molar-refractivity contribution in [2.24, 2.45) is 0 Å². The first-order chi connectivity index (χ1) is 9.54. The Bertz CT molecular complexity index is 619. The van der Waals surface area contributed by atoms with E-state index in [2.05, 4.69) is 21.2 Å². The van der Waals surface area contributed by atoms with Gasteiger partial charge in [-0.05, 0) is 42.5 Å². The van der Waals surface area contributed by atoms with E-state index in [0.717, 1.165) is 15.1 Å². The minimum absolute atomic E-state index is 0.0646. The molecule has 2 aromatic rings. The van der Waals surface area contributed by atoms with Gasteiger partial charge in [0.2, 0.25) is 5.91 Å². The van der Waals surface area contributed by atoms with Crippen LogP contribution in [-0.4, -0.2) is 11.7 Å². The van der Waals surface area contributed by atoms with E-state index in [4.69, 9.17) is 17.3 Å². The lowest BCUT2D eigenvalue weighted by molar-refractivity contribution is -0.113. The molecule has 0 unspecified atom stereocenters. The summed E-state index contributed by atoms with van der Waals surface area (Å²) in [6.45, 7) is 0. The summed E-state index contributed by atoms with van der Waals surface area (Å²) in [6, 6.07) is 12.8. The molecule has 0 saturated carbocycles. The van der Waals surface area contributed by atoms with Crippen LogP contribution in [0.1, 0.15) is 0 Å². The number of carbonyl (C=O) groups excluding carboxylic acids is 1. The van der Waals surface area contributed by atoms with Crippen molar-refractivity contribution in [1.82, 2.24) is 0 Å². The molecule has 0 aliphatic rings. The number of carbonyl (C=O) groups is 1. The van der Waals surface area contributed by atoms with E-state index in [0.29, 0.717) is 16.5 Å². The zero-order valence-corrected chi connectivity index (χ0v) is 13.6. The van der Waals surface area contributed by atoms with E-state index in [1.54, 1.807) is 12.1 Å². The molecular weight excluding hydrogens is 360 g/mol. The normalized spacial score (nSPS) is 10.3. The molecule has 20 heavy (non-hydrogen) atoms. The van der Waals surface area contributed by atoms with Crippen LogP contribution in [0.5, 0.6) is 0 Å². The number of halogens is 2. The molecule has 0 atom stereocenters. The highest BCUT2D eigenvalue weighted by Gasteiger charge is 2.05. The van der Waals surface area contributed by atoms with Gasteiger partial charge in [0.05, 0.1) is 16.5 Å². The third kappa shape index (κ3) is 4.44. The van der Waals surface area contributed by atoms with Gasteiger partial charge in [-0.15, -0.1) is 11.8 Å². The standard InChI is InChI=1S/C14H12BrClN2OS/c15-9-1-3-10(4-2-9)18-14(19)8-20-11-5-6-13(17)12(16)7-11/h1-7H,8,17H2,(H,18,19). The Balaban J connectivity index is 1.88. The van der Waals surface area contributed by atoms with Gasteiger partial charge in [0.25, 0.3) is 0 Å².